The Hall–Kier alpha value is -2.97. The summed E-state index contributed by atoms with van der Waals surface area (Å²) in [5.41, 5.74) is 0.109. The fourth-order valence-corrected chi connectivity index (χ4v) is 7.75. The largest absolute Gasteiger partial charge is 0.417 e. The normalized spacial score (nSPS) is 28.6. The summed E-state index contributed by atoms with van der Waals surface area (Å²) < 4.78 is 40.3. The van der Waals surface area contributed by atoms with Crippen LogP contribution < -0.4 is 5.32 Å². The molecule has 2 aromatic rings. The molecule has 9 heteroatoms. The van der Waals surface area contributed by atoms with E-state index in [1.807, 2.05) is 0 Å². The summed E-state index contributed by atoms with van der Waals surface area (Å²) in [6.45, 7) is 0.296. The smallest absolute Gasteiger partial charge is 0.332 e. The number of hydrogen-bond acceptors (Lipinski definition) is 4. The molecule has 5 aliphatic rings. The Bertz CT molecular complexity index is 1180. The number of halogens is 3. The van der Waals surface area contributed by atoms with Gasteiger partial charge in [-0.1, -0.05) is 12.1 Å². The summed E-state index contributed by atoms with van der Waals surface area (Å²) >= 11 is 0. The van der Waals surface area contributed by atoms with Gasteiger partial charge >= 0.3 is 6.18 Å². The van der Waals surface area contributed by atoms with Crippen molar-refractivity contribution in [3.05, 3.63) is 53.0 Å². The van der Waals surface area contributed by atoms with Gasteiger partial charge in [-0.05, 0) is 80.2 Å². The number of carbonyl (C=O) groups excluding carboxylic acids is 2. The third kappa shape index (κ3) is 4.26. The van der Waals surface area contributed by atoms with Gasteiger partial charge in [0.05, 0.1) is 23.4 Å². The van der Waals surface area contributed by atoms with Crippen LogP contribution in [0.3, 0.4) is 0 Å². The Morgan fingerprint density at radius 1 is 1.03 bits per heavy atom. The minimum atomic E-state index is -4.61. The monoisotopic (exact) mass is 498 g/mol. The zero-order chi connectivity index (χ0) is 25.1. The van der Waals surface area contributed by atoms with Gasteiger partial charge < -0.3 is 10.2 Å². The van der Waals surface area contributed by atoms with E-state index in [0.29, 0.717) is 24.4 Å². The van der Waals surface area contributed by atoms with Gasteiger partial charge in [0, 0.05) is 18.5 Å². The first-order valence-electron chi connectivity index (χ1n) is 12.8. The van der Waals surface area contributed by atoms with Crippen molar-refractivity contribution in [2.45, 2.75) is 64.1 Å². The molecule has 190 valence electrons. The Morgan fingerprint density at radius 3 is 2.36 bits per heavy atom. The third-order valence-electron chi connectivity index (χ3n) is 8.72. The van der Waals surface area contributed by atoms with Crippen LogP contribution in [0.15, 0.2) is 30.6 Å². The van der Waals surface area contributed by atoms with Gasteiger partial charge in [0.25, 0.3) is 5.91 Å². The Labute approximate surface area is 207 Å². The number of aromatic nitrogens is 2. The zero-order valence-corrected chi connectivity index (χ0v) is 20.0. The number of anilines is 1. The van der Waals surface area contributed by atoms with E-state index in [1.165, 1.54) is 48.7 Å². The predicted octanol–water partition coefficient (Wildman–Crippen LogP) is 5.24. The maximum absolute atomic E-state index is 13.4. The summed E-state index contributed by atoms with van der Waals surface area (Å²) in [5, 5.41) is 3.01. The van der Waals surface area contributed by atoms with Crippen LogP contribution in [-0.4, -0.2) is 33.2 Å². The van der Waals surface area contributed by atoms with Gasteiger partial charge in [-0.3, -0.25) is 9.59 Å². The van der Waals surface area contributed by atoms with E-state index >= 15 is 0 Å². The van der Waals surface area contributed by atoms with Crippen LogP contribution in [0.2, 0.25) is 0 Å². The molecular weight excluding hydrogens is 469 g/mol. The highest BCUT2D eigenvalue weighted by atomic mass is 19.4. The molecule has 0 atom stereocenters. The number of carbonyl (C=O) groups is 2. The van der Waals surface area contributed by atoms with Crippen molar-refractivity contribution < 1.29 is 22.8 Å². The third-order valence-corrected chi connectivity index (χ3v) is 8.72. The maximum Gasteiger partial charge on any atom is 0.417 e. The van der Waals surface area contributed by atoms with Gasteiger partial charge in [0.15, 0.2) is 0 Å². The Morgan fingerprint density at radius 2 is 1.69 bits per heavy atom. The molecule has 4 bridgehead atoms. The fourth-order valence-electron chi connectivity index (χ4n) is 7.75. The van der Waals surface area contributed by atoms with Crippen LogP contribution in [0.25, 0.3) is 0 Å². The van der Waals surface area contributed by atoms with Crippen LogP contribution in [0.4, 0.5) is 19.0 Å². The molecule has 2 heterocycles. The van der Waals surface area contributed by atoms with Gasteiger partial charge in [0.1, 0.15) is 12.1 Å². The number of benzene rings is 1. The van der Waals surface area contributed by atoms with E-state index in [9.17, 15) is 22.8 Å². The van der Waals surface area contributed by atoms with Crippen LogP contribution in [0, 0.1) is 23.2 Å². The van der Waals surface area contributed by atoms with Gasteiger partial charge in [-0.25, -0.2) is 9.97 Å². The van der Waals surface area contributed by atoms with E-state index < -0.39 is 17.6 Å². The number of nitrogens with one attached hydrogen (secondary N) is 1. The predicted molar refractivity (Wildman–Crippen MR) is 126 cm³/mol. The molecule has 1 N–H and O–H groups in total. The molecule has 0 saturated heterocycles. The molecule has 1 aromatic heterocycles. The standard InChI is InChI=1S/C27H29F3N4O2/c28-27(29,30)21-4-2-1-3-19(21)25(36)34-6-5-20-22(14-34)31-15-32-24(20)33-23(35)13-26-10-16-7-17(11-26)9-18(8-16)12-26/h1-4,15-18H,5-14H2,(H,31,32,33,35). The minimum Gasteiger partial charge on any atom is -0.332 e. The Balaban J connectivity index is 1.16. The lowest BCUT2D eigenvalue weighted by Crippen LogP contribution is -2.47. The van der Waals surface area contributed by atoms with Gasteiger partial charge in [-0.15, -0.1) is 0 Å². The molecule has 0 unspecified atom stereocenters. The summed E-state index contributed by atoms with van der Waals surface area (Å²) in [6.07, 6.45) is 5.00. The molecule has 0 radical (unpaired) electrons. The summed E-state index contributed by atoms with van der Waals surface area (Å²) in [6, 6.07) is 4.83. The van der Waals surface area contributed by atoms with Crippen molar-refractivity contribution >= 4 is 17.6 Å². The highest BCUT2D eigenvalue weighted by Gasteiger charge is 2.51. The second-order valence-corrected chi connectivity index (χ2v) is 11.3. The molecular formula is C27H29F3N4O2. The van der Waals surface area contributed by atoms with Crippen LogP contribution in [-0.2, 0) is 23.9 Å². The quantitative estimate of drug-likeness (QED) is 0.626. The Kier molecular flexibility index (Phi) is 5.57. The van der Waals surface area contributed by atoms with E-state index in [-0.39, 0.29) is 30.0 Å². The summed E-state index contributed by atoms with van der Waals surface area (Å²) in [5.74, 6) is 2.04. The van der Waals surface area contributed by atoms with Crippen molar-refractivity contribution in [3.8, 4) is 0 Å². The molecule has 7 rings (SSSR count). The van der Waals surface area contributed by atoms with E-state index in [4.69, 9.17) is 0 Å². The first kappa shape index (κ1) is 23.4. The molecule has 4 aliphatic carbocycles. The summed E-state index contributed by atoms with van der Waals surface area (Å²) in [4.78, 5) is 36.1. The van der Waals surface area contributed by atoms with Crippen molar-refractivity contribution in [2.75, 3.05) is 11.9 Å². The number of alkyl halides is 3. The number of fused-ring (bicyclic) bond motifs is 1. The highest BCUT2D eigenvalue weighted by Crippen LogP contribution is 2.61. The van der Waals surface area contributed by atoms with Crippen molar-refractivity contribution in [1.29, 1.82) is 0 Å². The SMILES string of the molecule is O=C(CC12CC3CC(CC(C3)C1)C2)Nc1ncnc2c1CCN(C(=O)c1ccccc1C(F)(F)F)C2. The van der Waals surface area contributed by atoms with E-state index in [0.717, 1.165) is 48.6 Å². The molecule has 4 saturated carbocycles. The van der Waals surface area contributed by atoms with Crippen molar-refractivity contribution in [2.24, 2.45) is 23.2 Å². The lowest BCUT2D eigenvalue weighted by molar-refractivity contribution is -0.138. The topological polar surface area (TPSA) is 75.2 Å². The number of amides is 2. The molecule has 6 nitrogen and oxygen atoms in total. The number of rotatable bonds is 4. The highest BCUT2D eigenvalue weighted by molar-refractivity contribution is 5.96. The maximum atomic E-state index is 13.4. The van der Waals surface area contributed by atoms with Crippen LogP contribution in [0.5, 0.6) is 0 Å². The molecule has 1 aliphatic heterocycles. The lowest BCUT2D eigenvalue weighted by Gasteiger charge is -2.56. The van der Waals surface area contributed by atoms with Crippen molar-refractivity contribution in [3.63, 3.8) is 0 Å². The van der Waals surface area contributed by atoms with Gasteiger partial charge in [-0.2, -0.15) is 13.2 Å². The van der Waals surface area contributed by atoms with Crippen molar-refractivity contribution in [1.82, 2.24) is 14.9 Å². The molecule has 0 spiro atoms. The molecule has 4 fully saturated rings. The average Bonchev–Trinajstić information content (AvgIpc) is 2.81. The zero-order valence-electron chi connectivity index (χ0n) is 20.0. The molecule has 36 heavy (non-hydrogen) atoms. The molecule has 2 amide bonds. The first-order valence-corrected chi connectivity index (χ1v) is 12.8. The second-order valence-electron chi connectivity index (χ2n) is 11.3. The molecule has 1 aromatic carbocycles. The van der Waals surface area contributed by atoms with Crippen LogP contribution in [0.1, 0.15) is 72.1 Å². The number of hydrogen-bond donors (Lipinski definition) is 1. The van der Waals surface area contributed by atoms with E-state index in [2.05, 4.69) is 15.3 Å². The minimum absolute atomic E-state index is 0.0320. The fraction of sp³-hybridized carbons (Fsp3) is 0.556. The van der Waals surface area contributed by atoms with E-state index in [1.54, 1.807) is 0 Å². The lowest BCUT2D eigenvalue weighted by atomic mass is 9.49. The van der Waals surface area contributed by atoms with Gasteiger partial charge in [0.2, 0.25) is 5.91 Å². The second kappa shape index (κ2) is 8.56. The first-order chi connectivity index (χ1) is 17.2. The number of nitrogens with zero attached hydrogens (tertiary/aromatic N) is 3. The average molecular weight is 499 g/mol. The van der Waals surface area contributed by atoms with Crippen LogP contribution >= 0.6 is 0 Å². The summed E-state index contributed by atoms with van der Waals surface area (Å²) in [7, 11) is 0.